The Morgan fingerprint density at radius 1 is 0.889 bits per heavy atom. The molecule has 0 amide bonds. The van der Waals surface area contributed by atoms with Gasteiger partial charge in [0.15, 0.2) is 0 Å². The summed E-state index contributed by atoms with van der Waals surface area (Å²) in [5, 5.41) is 1.61. The van der Waals surface area contributed by atoms with Crippen molar-refractivity contribution in [2.45, 2.75) is 6.61 Å². The average molecular weight is 366 g/mol. The van der Waals surface area contributed by atoms with Gasteiger partial charge in [-0.05, 0) is 35.9 Å². The zero-order valence-electron chi connectivity index (χ0n) is 9.09. The third-order valence-corrected chi connectivity index (χ3v) is 3.82. The lowest BCUT2D eigenvalue weighted by Gasteiger charge is -2.09. The molecule has 2 aromatic rings. The van der Waals surface area contributed by atoms with Gasteiger partial charge in [-0.25, -0.2) is 0 Å². The molecule has 0 aliphatic rings. The fraction of sp³-hybridized carbons (Fsp3) is 0.0769. The highest BCUT2D eigenvalue weighted by atomic mass is 79.9. The summed E-state index contributed by atoms with van der Waals surface area (Å²) in [4.78, 5) is 0. The topological polar surface area (TPSA) is 9.23 Å². The second-order valence-corrected chi connectivity index (χ2v) is 5.75. The molecule has 2 aromatic carbocycles. The predicted octanol–water partition coefficient (Wildman–Crippen LogP) is 5.99. The van der Waals surface area contributed by atoms with Crippen molar-refractivity contribution < 1.29 is 4.74 Å². The molecule has 0 unspecified atom stereocenters. The monoisotopic (exact) mass is 364 g/mol. The summed E-state index contributed by atoms with van der Waals surface area (Å²) in [5.74, 6) is 0.622. The largest absolute Gasteiger partial charge is 0.487 e. The van der Waals surface area contributed by atoms with E-state index in [1.165, 1.54) is 0 Å². The second kappa shape index (κ2) is 6.16. The smallest absolute Gasteiger partial charge is 0.139 e. The van der Waals surface area contributed by atoms with Gasteiger partial charge in [-0.2, -0.15) is 0 Å². The first kappa shape index (κ1) is 14.0. The van der Waals surface area contributed by atoms with Gasteiger partial charge in [-0.15, -0.1) is 0 Å². The van der Waals surface area contributed by atoms with E-state index in [-0.39, 0.29) is 0 Å². The number of rotatable bonds is 3. The molecule has 0 spiro atoms. The Balaban J connectivity index is 2.11. The Kier molecular flexibility index (Phi) is 4.79. The van der Waals surface area contributed by atoms with E-state index in [9.17, 15) is 0 Å². The molecule has 2 rings (SSSR count). The highest BCUT2D eigenvalue weighted by Gasteiger charge is 2.04. The summed E-state index contributed by atoms with van der Waals surface area (Å²) in [5.41, 5.74) is 0.931. The summed E-state index contributed by atoms with van der Waals surface area (Å²) in [6.07, 6.45) is 0. The summed E-state index contributed by atoms with van der Waals surface area (Å²) in [6, 6.07) is 10.8. The molecular formula is C13H8BrCl3O. The maximum absolute atomic E-state index is 6.03. The fourth-order valence-corrected chi connectivity index (χ4v) is 2.21. The van der Waals surface area contributed by atoms with Gasteiger partial charge in [0, 0.05) is 4.47 Å². The van der Waals surface area contributed by atoms with E-state index in [1.807, 2.05) is 18.2 Å². The standard InChI is InChI=1S/C13H8BrCl3O/c14-9-2-4-11(16)13(6-9)18-7-8-1-3-10(15)12(17)5-8/h1-6H,7H2. The van der Waals surface area contributed by atoms with Crippen LogP contribution in [0.15, 0.2) is 40.9 Å². The van der Waals surface area contributed by atoms with E-state index >= 15 is 0 Å². The molecule has 0 aliphatic carbocycles. The first-order valence-electron chi connectivity index (χ1n) is 5.08. The van der Waals surface area contributed by atoms with E-state index in [2.05, 4.69) is 15.9 Å². The highest BCUT2D eigenvalue weighted by molar-refractivity contribution is 9.10. The van der Waals surface area contributed by atoms with Crippen molar-refractivity contribution in [3.8, 4) is 5.75 Å². The van der Waals surface area contributed by atoms with Crippen LogP contribution in [0, 0.1) is 0 Å². The minimum Gasteiger partial charge on any atom is -0.487 e. The zero-order chi connectivity index (χ0) is 13.1. The van der Waals surface area contributed by atoms with Crippen LogP contribution in [-0.4, -0.2) is 0 Å². The van der Waals surface area contributed by atoms with Crippen molar-refractivity contribution in [1.82, 2.24) is 0 Å². The van der Waals surface area contributed by atoms with E-state index in [0.29, 0.717) is 27.4 Å². The van der Waals surface area contributed by atoms with Crippen LogP contribution in [0.1, 0.15) is 5.56 Å². The number of hydrogen-bond acceptors (Lipinski definition) is 1. The second-order valence-electron chi connectivity index (χ2n) is 3.61. The maximum atomic E-state index is 6.03. The number of benzene rings is 2. The van der Waals surface area contributed by atoms with Crippen LogP contribution >= 0.6 is 50.7 Å². The number of halogens is 4. The molecule has 18 heavy (non-hydrogen) atoms. The molecule has 5 heteroatoms. The van der Waals surface area contributed by atoms with E-state index in [0.717, 1.165) is 10.0 Å². The lowest BCUT2D eigenvalue weighted by atomic mass is 10.2. The molecule has 0 fully saturated rings. The van der Waals surface area contributed by atoms with Gasteiger partial charge >= 0.3 is 0 Å². The molecule has 0 aliphatic heterocycles. The zero-order valence-corrected chi connectivity index (χ0v) is 12.9. The fourth-order valence-electron chi connectivity index (χ4n) is 1.38. The molecule has 0 atom stereocenters. The molecule has 0 aromatic heterocycles. The first-order valence-corrected chi connectivity index (χ1v) is 7.01. The molecule has 0 saturated heterocycles. The van der Waals surface area contributed by atoms with Crippen LogP contribution in [0.5, 0.6) is 5.75 Å². The van der Waals surface area contributed by atoms with E-state index < -0.39 is 0 Å². The normalized spacial score (nSPS) is 10.4. The summed E-state index contributed by atoms with van der Waals surface area (Å²) >= 11 is 21.2. The third kappa shape index (κ3) is 3.55. The van der Waals surface area contributed by atoms with E-state index in [1.54, 1.807) is 18.2 Å². The van der Waals surface area contributed by atoms with Crippen molar-refractivity contribution in [1.29, 1.82) is 0 Å². The number of hydrogen-bond donors (Lipinski definition) is 0. The number of ether oxygens (including phenoxy) is 1. The van der Waals surface area contributed by atoms with Crippen molar-refractivity contribution in [3.05, 3.63) is 61.5 Å². The molecule has 94 valence electrons. The van der Waals surface area contributed by atoms with Gasteiger partial charge in [-0.1, -0.05) is 56.8 Å². The maximum Gasteiger partial charge on any atom is 0.139 e. The Hall–Kier alpha value is -0.410. The Morgan fingerprint density at radius 3 is 2.33 bits per heavy atom. The van der Waals surface area contributed by atoms with Gasteiger partial charge in [0.2, 0.25) is 0 Å². The SMILES string of the molecule is Clc1ccc(COc2cc(Br)ccc2Cl)cc1Cl. The van der Waals surface area contributed by atoms with Crippen molar-refractivity contribution >= 4 is 50.7 Å². The minimum atomic E-state index is 0.382. The lowest BCUT2D eigenvalue weighted by Crippen LogP contribution is -1.96. The Bertz CT molecular complexity index is 572. The van der Waals surface area contributed by atoms with Gasteiger partial charge < -0.3 is 4.74 Å². The van der Waals surface area contributed by atoms with Gasteiger partial charge in [0.05, 0.1) is 15.1 Å². The van der Waals surface area contributed by atoms with Crippen LogP contribution < -0.4 is 4.74 Å². The quantitative estimate of drug-likeness (QED) is 0.648. The molecule has 0 heterocycles. The molecular weight excluding hydrogens is 358 g/mol. The van der Waals surface area contributed by atoms with Crippen LogP contribution in [-0.2, 0) is 6.61 Å². The molecule has 0 bridgehead atoms. The molecule has 1 nitrogen and oxygen atoms in total. The lowest BCUT2D eigenvalue weighted by molar-refractivity contribution is 0.306. The molecule has 0 radical (unpaired) electrons. The van der Waals surface area contributed by atoms with Gasteiger partial charge in [-0.3, -0.25) is 0 Å². The highest BCUT2D eigenvalue weighted by Crippen LogP contribution is 2.29. The summed E-state index contributed by atoms with van der Waals surface area (Å²) < 4.78 is 6.55. The predicted molar refractivity (Wildman–Crippen MR) is 79.9 cm³/mol. The Labute approximate surface area is 129 Å². The van der Waals surface area contributed by atoms with Gasteiger partial charge in [0.25, 0.3) is 0 Å². The van der Waals surface area contributed by atoms with Crippen LogP contribution in [0.4, 0.5) is 0 Å². The van der Waals surface area contributed by atoms with Crippen LogP contribution in [0.25, 0.3) is 0 Å². The van der Waals surface area contributed by atoms with E-state index in [4.69, 9.17) is 39.5 Å². The average Bonchev–Trinajstić information content (AvgIpc) is 2.34. The van der Waals surface area contributed by atoms with Crippen LogP contribution in [0.2, 0.25) is 15.1 Å². The first-order chi connectivity index (χ1) is 8.56. The van der Waals surface area contributed by atoms with Crippen molar-refractivity contribution in [2.24, 2.45) is 0 Å². The third-order valence-electron chi connectivity index (χ3n) is 2.27. The molecule has 0 saturated carbocycles. The van der Waals surface area contributed by atoms with Gasteiger partial charge in [0.1, 0.15) is 12.4 Å². The summed E-state index contributed by atoms with van der Waals surface area (Å²) in [7, 11) is 0. The minimum absolute atomic E-state index is 0.382. The summed E-state index contributed by atoms with van der Waals surface area (Å²) in [6.45, 7) is 0.382. The Morgan fingerprint density at radius 2 is 1.61 bits per heavy atom. The van der Waals surface area contributed by atoms with Crippen LogP contribution in [0.3, 0.4) is 0 Å². The van der Waals surface area contributed by atoms with Crippen molar-refractivity contribution in [3.63, 3.8) is 0 Å². The molecule has 0 N–H and O–H groups in total. The van der Waals surface area contributed by atoms with Crippen molar-refractivity contribution in [2.75, 3.05) is 0 Å².